The first-order valence-electron chi connectivity index (χ1n) is 7.62. The Labute approximate surface area is 127 Å². The standard InChI is InChI=1S/C15H26BNO4/c1-14(2,18)15(3,4)21-16(19)13-10-12(11-20-13)17-8-6-5-7-9-17/h10-11,18-19H,5-9H2,1-4H3. The Balaban J connectivity index is 2.03. The molecule has 0 aromatic carbocycles. The van der Waals surface area contributed by atoms with E-state index in [0.29, 0.717) is 5.66 Å². The molecule has 118 valence electrons. The molecule has 5 nitrogen and oxygen atoms in total. The Hall–Kier alpha value is -0.975. The first-order chi connectivity index (χ1) is 9.71. The van der Waals surface area contributed by atoms with Gasteiger partial charge in [-0.15, -0.1) is 0 Å². The number of anilines is 1. The molecule has 0 unspecified atom stereocenters. The molecule has 0 spiro atoms. The zero-order chi connectivity index (χ0) is 15.7. The van der Waals surface area contributed by atoms with E-state index in [2.05, 4.69) is 4.90 Å². The van der Waals surface area contributed by atoms with Crippen LogP contribution in [0.4, 0.5) is 5.69 Å². The van der Waals surface area contributed by atoms with E-state index in [1.807, 2.05) is 6.07 Å². The van der Waals surface area contributed by atoms with Gasteiger partial charge < -0.3 is 24.1 Å². The van der Waals surface area contributed by atoms with Gasteiger partial charge in [0.25, 0.3) is 0 Å². The van der Waals surface area contributed by atoms with Crippen molar-refractivity contribution in [2.75, 3.05) is 18.0 Å². The Kier molecular flexibility index (Phi) is 4.71. The zero-order valence-electron chi connectivity index (χ0n) is 13.4. The van der Waals surface area contributed by atoms with E-state index in [1.165, 1.54) is 19.3 Å². The lowest BCUT2D eigenvalue weighted by Crippen LogP contribution is -2.53. The van der Waals surface area contributed by atoms with Crippen molar-refractivity contribution in [3.05, 3.63) is 12.3 Å². The number of furan rings is 1. The van der Waals surface area contributed by atoms with Gasteiger partial charge in [0.1, 0.15) is 11.9 Å². The summed E-state index contributed by atoms with van der Waals surface area (Å²) in [5.74, 6) is 0. The van der Waals surface area contributed by atoms with Gasteiger partial charge in [-0.2, -0.15) is 0 Å². The minimum absolute atomic E-state index is 0.368. The SMILES string of the molecule is CC(C)(O)C(C)(C)OB(O)c1cc(N2CCCCC2)co1. The zero-order valence-corrected chi connectivity index (χ0v) is 13.4. The van der Waals surface area contributed by atoms with E-state index in [4.69, 9.17) is 9.07 Å². The van der Waals surface area contributed by atoms with Crippen LogP contribution in [0.15, 0.2) is 16.7 Å². The normalized spacial score (nSPS) is 17.1. The molecule has 1 saturated heterocycles. The fourth-order valence-corrected chi connectivity index (χ4v) is 2.27. The van der Waals surface area contributed by atoms with Gasteiger partial charge in [-0.25, -0.2) is 0 Å². The first-order valence-corrected chi connectivity index (χ1v) is 7.62. The predicted molar refractivity (Wildman–Crippen MR) is 83.8 cm³/mol. The molecule has 0 aliphatic carbocycles. The van der Waals surface area contributed by atoms with E-state index in [-0.39, 0.29) is 0 Å². The minimum atomic E-state index is -1.19. The van der Waals surface area contributed by atoms with Gasteiger partial charge in [0.05, 0.1) is 16.9 Å². The Morgan fingerprint density at radius 2 is 1.81 bits per heavy atom. The molecule has 2 N–H and O–H groups in total. The average Bonchev–Trinajstić information content (AvgIpc) is 2.87. The molecular formula is C15H26BNO4. The van der Waals surface area contributed by atoms with Crippen LogP contribution in [0, 0.1) is 0 Å². The summed E-state index contributed by atoms with van der Waals surface area (Å²) < 4.78 is 11.0. The molecule has 6 heteroatoms. The summed E-state index contributed by atoms with van der Waals surface area (Å²) >= 11 is 0. The highest BCUT2D eigenvalue weighted by molar-refractivity contribution is 6.58. The lowest BCUT2D eigenvalue weighted by molar-refractivity contribution is -0.0986. The Morgan fingerprint density at radius 3 is 2.38 bits per heavy atom. The van der Waals surface area contributed by atoms with Gasteiger partial charge in [-0.3, -0.25) is 0 Å². The molecule has 1 aromatic rings. The lowest BCUT2D eigenvalue weighted by Gasteiger charge is -2.38. The summed E-state index contributed by atoms with van der Waals surface area (Å²) in [6.45, 7) is 8.83. The molecule has 0 saturated carbocycles. The molecule has 0 amide bonds. The predicted octanol–water partition coefficient (Wildman–Crippen LogP) is 1.52. The van der Waals surface area contributed by atoms with Crippen molar-refractivity contribution in [3.8, 4) is 0 Å². The molecule has 1 aliphatic rings. The minimum Gasteiger partial charge on any atom is -0.471 e. The highest BCUT2D eigenvalue weighted by Gasteiger charge is 2.40. The maximum atomic E-state index is 10.2. The van der Waals surface area contributed by atoms with Crippen molar-refractivity contribution in [1.29, 1.82) is 0 Å². The van der Waals surface area contributed by atoms with E-state index in [0.717, 1.165) is 18.8 Å². The smallest absolute Gasteiger partial charge is 0.471 e. The maximum Gasteiger partial charge on any atom is 0.529 e. The quantitative estimate of drug-likeness (QED) is 0.806. The molecule has 0 atom stereocenters. The van der Waals surface area contributed by atoms with Gasteiger partial charge in [0, 0.05) is 13.1 Å². The van der Waals surface area contributed by atoms with Crippen LogP contribution in [0.5, 0.6) is 0 Å². The second-order valence-electron chi connectivity index (χ2n) is 6.79. The number of aliphatic hydroxyl groups is 1. The number of piperidine rings is 1. The highest BCUT2D eigenvalue weighted by Crippen LogP contribution is 2.26. The molecule has 2 heterocycles. The topological polar surface area (TPSA) is 66.1 Å². The van der Waals surface area contributed by atoms with Crippen molar-refractivity contribution in [2.45, 2.75) is 58.2 Å². The Bertz CT molecular complexity index is 460. The van der Waals surface area contributed by atoms with Crippen molar-refractivity contribution >= 4 is 18.5 Å². The summed E-state index contributed by atoms with van der Waals surface area (Å²) in [6.07, 6.45) is 5.30. The Morgan fingerprint density at radius 1 is 1.19 bits per heavy atom. The maximum absolute atomic E-state index is 10.2. The van der Waals surface area contributed by atoms with Crippen LogP contribution in [0.1, 0.15) is 47.0 Å². The summed E-state index contributed by atoms with van der Waals surface area (Å²) in [5.41, 5.74) is -0.623. The fourth-order valence-electron chi connectivity index (χ4n) is 2.27. The van der Waals surface area contributed by atoms with E-state index < -0.39 is 18.3 Å². The number of rotatable bonds is 5. The van der Waals surface area contributed by atoms with Crippen molar-refractivity contribution in [2.24, 2.45) is 0 Å². The van der Waals surface area contributed by atoms with Gasteiger partial charge in [-0.1, -0.05) is 0 Å². The van der Waals surface area contributed by atoms with Gasteiger partial charge in [-0.05, 0) is 53.0 Å². The van der Waals surface area contributed by atoms with Crippen LogP contribution in [0.3, 0.4) is 0 Å². The van der Waals surface area contributed by atoms with Gasteiger partial charge >= 0.3 is 7.12 Å². The molecule has 1 fully saturated rings. The molecule has 0 bridgehead atoms. The van der Waals surface area contributed by atoms with E-state index in [1.54, 1.807) is 34.0 Å². The fraction of sp³-hybridized carbons (Fsp3) is 0.733. The second kappa shape index (κ2) is 6.03. The van der Waals surface area contributed by atoms with Crippen molar-refractivity contribution in [1.82, 2.24) is 0 Å². The lowest BCUT2D eigenvalue weighted by atomic mass is 9.81. The molecule has 1 aromatic heterocycles. The first kappa shape index (κ1) is 16.4. The van der Waals surface area contributed by atoms with Crippen LogP contribution in [-0.2, 0) is 4.65 Å². The van der Waals surface area contributed by atoms with Crippen LogP contribution < -0.4 is 10.6 Å². The number of hydrogen-bond acceptors (Lipinski definition) is 5. The molecule has 0 radical (unpaired) electrons. The van der Waals surface area contributed by atoms with Gasteiger partial charge in [0.15, 0.2) is 0 Å². The molecule has 21 heavy (non-hydrogen) atoms. The number of hydrogen-bond donors (Lipinski definition) is 2. The van der Waals surface area contributed by atoms with Crippen LogP contribution in [0.25, 0.3) is 0 Å². The summed E-state index contributed by atoms with van der Waals surface area (Å²) in [5, 5.41) is 20.3. The van der Waals surface area contributed by atoms with E-state index in [9.17, 15) is 10.1 Å². The second-order valence-corrected chi connectivity index (χ2v) is 6.79. The monoisotopic (exact) mass is 295 g/mol. The third-order valence-corrected chi connectivity index (χ3v) is 4.45. The van der Waals surface area contributed by atoms with Crippen LogP contribution in [0.2, 0.25) is 0 Å². The van der Waals surface area contributed by atoms with Crippen LogP contribution >= 0.6 is 0 Å². The average molecular weight is 295 g/mol. The third-order valence-electron chi connectivity index (χ3n) is 4.45. The van der Waals surface area contributed by atoms with Crippen molar-refractivity contribution < 1.29 is 19.2 Å². The summed E-state index contributed by atoms with van der Waals surface area (Å²) in [7, 11) is -1.19. The van der Waals surface area contributed by atoms with E-state index >= 15 is 0 Å². The highest BCUT2D eigenvalue weighted by atomic mass is 16.6. The summed E-state index contributed by atoms with van der Waals surface area (Å²) in [4.78, 5) is 2.25. The third kappa shape index (κ3) is 3.81. The summed E-state index contributed by atoms with van der Waals surface area (Å²) in [6, 6.07) is 1.82. The molecule has 1 aliphatic heterocycles. The van der Waals surface area contributed by atoms with Crippen LogP contribution in [-0.4, -0.2) is 41.5 Å². The molecular weight excluding hydrogens is 269 g/mol. The van der Waals surface area contributed by atoms with Crippen molar-refractivity contribution in [3.63, 3.8) is 0 Å². The largest absolute Gasteiger partial charge is 0.529 e. The van der Waals surface area contributed by atoms with Gasteiger partial charge in [0.2, 0.25) is 0 Å². The number of nitrogens with zero attached hydrogens (tertiary/aromatic N) is 1. The molecule has 2 rings (SSSR count).